The van der Waals surface area contributed by atoms with E-state index in [9.17, 15) is 4.79 Å². The van der Waals surface area contributed by atoms with Gasteiger partial charge in [0.05, 0.1) is 11.2 Å². The molecular weight excluding hydrogens is 312 g/mol. The molecule has 0 bridgehead atoms. The molecule has 6 atom stereocenters. The summed E-state index contributed by atoms with van der Waals surface area (Å²) in [6.07, 6.45) is 8.53. The third-order valence-corrected chi connectivity index (χ3v) is 7.75. The van der Waals surface area contributed by atoms with Crippen LogP contribution in [-0.2, 0) is 14.3 Å². The quantitative estimate of drug-likeness (QED) is 0.503. The Kier molecular flexibility index (Phi) is 4.42. The van der Waals surface area contributed by atoms with E-state index < -0.39 is 0 Å². The van der Waals surface area contributed by atoms with Gasteiger partial charge in [0.1, 0.15) is 6.10 Å². The first kappa shape index (κ1) is 18.9. The van der Waals surface area contributed by atoms with Gasteiger partial charge in [-0.1, -0.05) is 33.3 Å². The average Bonchev–Trinajstić information content (AvgIpc) is 2.43. The summed E-state index contributed by atoms with van der Waals surface area (Å²) in [5, 5.41) is 0. The molecule has 0 unspecified atom stereocenters. The van der Waals surface area contributed by atoms with Crippen molar-refractivity contribution in [2.45, 2.75) is 97.4 Å². The number of hydrogen-bond acceptors (Lipinski definition) is 3. The maximum atomic E-state index is 11.9. The number of ether oxygens (including phenoxy) is 2. The molecule has 0 amide bonds. The highest BCUT2D eigenvalue weighted by Crippen LogP contribution is 2.66. The van der Waals surface area contributed by atoms with Gasteiger partial charge >= 0.3 is 5.97 Å². The molecule has 25 heavy (non-hydrogen) atoms. The summed E-state index contributed by atoms with van der Waals surface area (Å²) in [7, 11) is 0. The standard InChI is InChI=1S/C22H36O3/c1-8-20(5)13-10-17-21(6)12-9-11-19(3,4)18(21)16(24-15(2)23)14-22(17,7)25-20/h8,16-18H,1,9-14H2,2-7H3/t16-,17+,18-,20-,21+,22+/m0/s1. The lowest BCUT2D eigenvalue weighted by atomic mass is 9.43. The summed E-state index contributed by atoms with van der Waals surface area (Å²) in [6, 6.07) is 0. The number of carbonyl (C=O) groups is 1. The normalized spacial score (nSPS) is 48.8. The molecule has 1 heterocycles. The van der Waals surface area contributed by atoms with Crippen LogP contribution >= 0.6 is 0 Å². The third-order valence-electron chi connectivity index (χ3n) is 7.75. The topological polar surface area (TPSA) is 35.5 Å². The number of hydrogen-bond donors (Lipinski definition) is 0. The van der Waals surface area contributed by atoms with Gasteiger partial charge in [0.2, 0.25) is 0 Å². The lowest BCUT2D eigenvalue weighted by molar-refractivity contribution is -0.279. The molecule has 1 saturated heterocycles. The molecule has 0 N–H and O–H groups in total. The van der Waals surface area contributed by atoms with Crippen LogP contribution in [0.2, 0.25) is 0 Å². The molecule has 142 valence electrons. The van der Waals surface area contributed by atoms with E-state index in [4.69, 9.17) is 9.47 Å². The largest absolute Gasteiger partial charge is 0.462 e. The van der Waals surface area contributed by atoms with Crippen LogP contribution in [0.4, 0.5) is 0 Å². The maximum absolute atomic E-state index is 11.9. The SMILES string of the molecule is C=C[C@@]1(C)CC[C@@H]2[C@@]3(C)CCCC(C)(C)[C@@H]3[C@@H](OC(C)=O)C[C@@]2(C)O1. The first-order valence-electron chi connectivity index (χ1n) is 9.97. The lowest BCUT2D eigenvalue weighted by Crippen LogP contribution is -2.67. The molecule has 0 aromatic carbocycles. The van der Waals surface area contributed by atoms with Gasteiger partial charge in [-0.2, -0.15) is 0 Å². The first-order valence-corrected chi connectivity index (χ1v) is 9.97. The number of esters is 1. The highest BCUT2D eigenvalue weighted by atomic mass is 16.6. The van der Waals surface area contributed by atoms with E-state index in [-0.39, 0.29) is 34.1 Å². The van der Waals surface area contributed by atoms with Gasteiger partial charge in [0.25, 0.3) is 0 Å². The van der Waals surface area contributed by atoms with Gasteiger partial charge in [0, 0.05) is 19.3 Å². The Morgan fingerprint density at radius 3 is 2.44 bits per heavy atom. The molecule has 3 fully saturated rings. The van der Waals surface area contributed by atoms with Gasteiger partial charge in [-0.3, -0.25) is 4.79 Å². The van der Waals surface area contributed by atoms with Crippen LogP contribution in [0.15, 0.2) is 12.7 Å². The molecule has 3 heteroatoms. The minimum absolute atomic E-state index is 0.0637. The maximum Gasteiger partial charge on any atom is 0.302 e. The zero-order chi connectivity index (χ0) is 18.7. The van der Waals surface area contributed by atoms with Crippen LogP contribution in [-0.4, -0.2) is 23.3 Å². The fraction of sp³-hybridized carbons (Fsp3) is 0.864. The first-order chi connectivity index (χ1) is 11.5. The van der Waals surface area contributed by atoms with E-state index in [1.54, 1.807) is 0 Å². The summed E-state index contributed by atoms with van der Waals surface area (Å²) in [6.45, 7) is 17.1. The fourth-order valence-electron chi connectivity index (χ4n) is 7.03. The van der Waals surface area contributed by atoms with Crippen LogP contribution < -0.4 is 0 Å². The number of carbonyl (C=O) groups excluding carboxylic acids is 1. The van der Waals surface area contributed by atoms with Crippen molar-refractivity contribution in [3.8, 4) is 0 Å². The van der Waals surface area contributed by atoms with Crippen molar-refractivity contribution in [3.63, 3.8) is 0 Å². The van der Waals surface area contributed by atoms with Crippen LogP contribution in [0.25, 0.3) is 0 Å². The Bertz CT molecular complexity index is 568. The molecule has 3 rings (SSSR count). The average molecular weight is 349 g/mol. The van der Waals surface area contributed by atoms with Gasteiger partial charge < -0.3 is 9.47 Å². The van der Waals surface area contributed by atoms with E-state index in [2.05, 4.69) is 41.2 Å². The molecule has 3 aliphatic rings. The second kappa shape index (κ2) is 5.84. The smallest absolute Gasteiger partial charge is 0.302 e. The van der Waals surface area contributed by atoms with Crippen molar-refractivity contribution in [1.29, 1.82) is 0 Å². The monoisotopic (exact) mass is 348 g/mol. The minimum atomic E-state index is -0.278. The van der Waals surface area contributed by atoms with E-state index in [0.29, 0.717) is 11.8 Å². The van der Waals surface area contributed by atoms with Crippen LogP contribution in [0, 0.1) is 22.7 Å². The van der Waals surface area contributed by atoms with Crippen molar-refractivity contribution >= 4 is 5.97 Å². The van der Waals surface area contributed by atoms with Gasteiger partial charge in [-0.05, 0) is 56.3 Å². The van der Waals surface area contributed by atoms with Crippen LogP contribution in [0.5, 0.6) is 0 Å². The molecule has 0 aromatic heterocycles. The molecule has 1 aliphatic heterocycles. The number of fused-ring (bicyclic) bond motifs is 3. The van der Waals surface area contributed by atoms with E-state index in [0.717, 1.165) is 19.3 Å². The second-order valence-corrected chi connectivity index (χ2v) is 10.2. The molecule has 2 aliphatic carbocycles. The van der Waals surface area contributed by atoms with E-state index in [1.807, 2.05) is 6.08 Å². The Labute approximate surface area is 153 Å². The van der Waals surface area contributed by atoms with Crippen LogP contribution in [0.3, 0.4) is 0 Å². The molecule has 0 aromatic rings. The summed E-state index contributed by atoms with van der Waals surface area (Å²) < 4.78 is 12.6. The lowest BCUT2D eigenvalue weighted by Gasteiger charge is -2.66. The Balaban J connectivity index is 2.05. The predicted octanol–water partition coefficient (Wildman–Crippen LogP) is 5.28. The van der Waals surface area contributed by atoms with Crippen molar-refractivity contribution in [2.24, 2.45) is 22.7 Å². The highest BCUT2D eigenvalue weighted by molar-refractivity contribution is 5.66. The van der Waals surface area contributed by atoms with Gasteiger partial charge in [-0.25, -0.2) is 0 Å². The van der Waals surface area contributed by atoms with Crippen molar-refractivity contribution in [3.05, 3.63) is 12.7 Å². The Morgan fingerprint density at radius 2 is 1.84 bits per heavy atom. The zero-order valence-corrected chi connectivity index (χ0v) is 17.0. The van der Waals surface area contributed by atoms with E-state index in [1.165, 1.54) is 26.2 Å². The van der Waals surface area contributed by atoms with Crippen molar-refractivity contribution < 1.29 is 14.3 Å². The summed E-state index contributed by atoms with van der Waals surface area (Å²) in [4.78, 5) is 11.9. The summed E-state index contributed by atoms with van der Waals surface area (Å²) in [5.41, 5.74) is -0.204. The highest BCUT2D eigenvalue weighted by Gasteiger charge is 2.65. The summed E-state index contributed by atoms with van der Waals surface area (Å²) >= 11 is 0. The Hall–Kier alpha value is -0.830. The predicted molar refractivity (Wildman–Crippen MR) is 100 cm³/mol. The van der Waals surface area contributed by atoms with Gasteiger partial charge in [0.15, 0.2) is 0 Å². The fourth-order valence-corrected chi connectivity index (χ4v) is 7.03. The summed E-state index contributed by atoms with van der Waals surface area (Å²) in [5.74, 6) is 0.731. The molecule has 3 nitrogen and oxygen atoms in total. The van der Waals surface area contributed by atoms with Crippen LogP contribution in [0.1, 0.15) is 80.1 Å². The molecule has 2 saturated carbocycles. The minimum Gasteiger partial charge on any atom is -0.462 e. The third kappa shape index (κ3) is 2.97. The zero-order valence-electron chi connectivity index (χ0n) is 17.0. The van der Waals surface area contributed by atoms with Crippen molar-refractivity contribution in [2.75, 3.05) is 0 Å². The molecule has 0 spiro atoms. The number of rotatable bonds is 2. The van der Waals surface area contributed by atoms with Crippen molar-refractivity contribution in [1.82, 2.24) is 0 Å². The Morgan fingerprint density at radius 1 is 1.16 bits per heavy atom. The van der Waals surface area contributed by atoms with E-state index >= 15 is 0 Å². The van der Waals surface area contributed by atoms with Gasteiger partial charge in [-0.15, -0.1) is 6.58 Å². The molecular formula is C22H36O3. The second-order valence-electron chi connectivity index (χ2n) is 10.2. The molecule has 0 radical (unpaired) electrons.